The van der Waals surface area contributed by atoms with Crippen LogP contribution in [0.15, 0.2) is 200 Å². The van der Waals surface area contributed by atoms with E-state index in [1.165, 1.54) is 54.5 Å². The summed E-state index contributed by atoms with van der Waals surface area (Å²) in [4.78, 5) is 10.4. The summed E-state index contributed by atoms with van der Waals surface area (Å²) in [7, 11) is 0. The topological polar surface area (TPSA) is 30.7 Å². The van der Waals surface area contributed by atoms with E-state index < -0.39 is 0 Å². The lowest BCUT2D eigenvalue weighted by atomic mass is 9.94. The lowest BCUT2D eigenvalue weighted by molar-refractivity contribution is 1.18. The third-order valence-corrected chi connectivity index (χ3v) is 11.0. The number of fused-ring (bicyclic) bond motifs is 8. The Kier molecular flexibility index (Phi) is 7.17. The van der Waals surface area contributed by atoms with Crippen molar-refractivity contribution in [2.45, 2.75) is 0 Å². The van der Waals surface area contributed by atoms with Gasteiger partial charge in [-0.1, -0.05) is 164 Å². The maximum Gasteiger partial charge on any atom is 0.0973 e. The molecule has 3 nitrogen and oxygen atoms in total. The summed E-state index contributed by atoms with van der Waals surface area (Å²) >= 11 is 0. The molecule has 11 rings (SSSR count). The summed E-state index contributed by atoms with van der Waals surface area (Å²) in [6.45, 7) is 0. The molecule has 0 saturated heterocycles. The molecule has 0 saturated carbocycles. The molecule has 0 radical (unpaired) electrons. The molecule has 0 N–H and O–H groups in total. The number of hydrogen-bond acceptors (Lipinski definition) is 2. The van der Waals surface area contributed by atoms with E-state index in [0.29, 0.717) is 0 Å². The predicted molar refractivity (Wildman–Crippen MR) is 231 cm³/mol. The summed E-state index contributed by atoms with van der Waals surface area (Å²) in [5, 5.41) is 7.59. The summed E-state index contributed by atoms with van der Waals surface area (Å²) in [6.07, 6.45) is 0. The van der Waals surface area contributed by atoms with Gasteiger partial charge in [0.25, 0.3) is 0 Å². The maximum atomic E-state index is 5.25. The first-order valence-corrected chi connectivity index (χ1v) is 18.7. The van der Waals surface area contributed by atoms with E-state index in [9.17, 15) is 0 Å². The second-order valence-corrected chi connectivity index (χ2v) is 14.1. The van der Waals surface area contributed by atoms with E-state index in [1.54, 1.807) is 0 Å². The first-order valence-electron chi connectivity index (χ1n) is 18.7. The van der Waals surface area contributed by atoms with Crippen LogP contribution in [0.4, 0.5) is 0 Å². The average Bonchev–Trinajstić information content (AvgIpc) is 3.61. The van der Waals surface area contributed by atoms with E-state index in [0.717, 1.165) is 50.4 Å². The van der Waals surface area contributed by atoms with Gasteiger partial charge >= 0.3 is 0 Å². The van der Waals surface area contributed by atoms with E-state index in [1.807, 2.05) is 12.1 Å². The van der Waals surface area contributed by atoms with Crippen LogP contribution in [0.25, 0.3) is 105 Å². The smallest absolute Gasteiger partial charge is 0.0973 e. The van der Waals surface area contributed by atoms with Gasteiger partial charge < -0.3 is 4.57 Å². The highest BCUT2D eigenvalue weighted by atomic mass is 15.0. The summed E-state index contributed by atoms with van der Waals surface area (Å²) in [5.74, 6) is 0. The van der Waals surface area contributed by atoms with E-state index >= 15 is 0 Å². The fourth-order valence-electron chi connectivity index (χ4n) is 8.40. The Bertz CT molecular complexity index is 3220. The summed E-state index contributed by atoms with van der Waals surface area (Å²) < 4.78 is 2.45. The Hall–Kier alpha value is -7.36. The zero-order chi connectivity index (χ0) is 36.3. The van der Waals surface area contributed by atoms with Crippen LogP contribution in [0.1, 0.15) is 0 Å². The fourth-order valence-corrected chi connectivity index (χ4v) is 8.40. The number of aromatic nitrogens is 3. The molecule has 2 heterocycles. The first-order chi connectivity index (χ1) is 27.3. The van der Waals surface area contributed by atoms with Gasteiger partial charge in [0, 0.05) is 27.6 Å². The molecule has 0 unspecified atom stereocenters. The van der Waals surface area contributed by atoms with Gasteiger partial charge in [-0.15, -0.1) is 0 Å². The second-order valence-electron chi connectivity index (χ2n) is 14.1. The molecule has 0 atom stereocenters. The van der Waals surface area contributed by atoms with Gasteiger partial charge in [0.05, 0.1) is 33.5 Å². The molecule has 0 aliphatic carbocycles. The summed E-state index contributed by atoms with van der Waals surface area (Å²) in [5.41, 5.74) is 13.8. The third kappa shape index (κ3) is 5.13. The zero-order valence-corrected chi connectivity index (χ0v) is 29.9. The van der Waals surface area contributed by atoms with Gasteiger partial charge in [-0.2, -0.15) is 0 Å². The van der Waals surface area contributed by atoms with Crippen LogP contribution >= 0.6 is 0 Å². The van der Waals surface area contributed by atoms with Crippen molar-refractivity contribution in [1.29, 1.82) is 0 Å². The standard InChI is InChI=1S/C52H33N3/c1-4-14-35(15-5-1)44-33-48-50(43-23-13-12-22-42(43)44)49-41-21-11-10-16-36(41)27-31-47(49)55(48)40-28-24-34(25-29-40)39-26-30-45-46(32-39)54-52(38-19-8-3-9-20-38)51(53-45)37-17-6-2-7-18-37/h1-33H. The number of nitrogens with zero attached hydrogens (tertiary/aromatic N) is 3. The normalized spacial score (nSPS) is 11.6. The van der Waals surface area contributed by atoms with E-state index in [-0.39, 0.29) is 0 Å². The lowest BCUT2D eigenvalue weighted by Crippen LogP contribution is -1.96. The van der Waals surface area contributed by atoms with Crippen molar-refractivity contribution in [3.8, 4) is 50.5 Å². The predicted octanol–water partition coefficient (Wildman–Crippen LogP) is 13.7. The molecule has 9 aromatic carbocycles. The Labute approximate surface area is 318 Å². The summed E-state index contributed by atoms with van der Waals surface area (Å²) in [6, 6.07) is 71.4. The van der Waals surface area contributed by atoms with Crippen molar-refractivity contribution in [2.75, 3.05) is 0 Å². The van der Waals surface area contributed by atoms with Crippen LogP contribution in [0.3, 0.4) is 0 Å². The van der Waals surface area contributed by atoms with Crippen LogP contribution in [-0.4, -0.2) is 14.5 Å². The Balaban J connectivity index is 1.09. The van der Waals surface area contributed by atoms with Crippen LogP contribution in [0, 0.1) is 0 Å². The average molecular weight is 700 g/mol. The second kappa shape index (κ2) is 12.6. The Morgan fingerprint density at radius 3 is 1.56 bits per heavy atom. The number of benzene rings is 9. The van der Waals surface area contributed by atoms with Crippen LogP contribution in [0.5, 0.6) is 0 Å². The number of hydrogen-bond donors (Lipinski definition) is 0. The van der Waals surface area contributed by atoms with Gasteiger partial charge in [-0.25, -0.2) is 9.97 Å². The Morgan fingerprint density at radius 1 is 0.327 bits per heavy atom. The highest BCUT2D eigenvalue weighted by Crippen LogP contribution is 2.44. The van der Waals surface area contributed by atoms with Crippen molar-refractivity contribution in [1.82, 2.24) is 14.5 Å². The van der Waals surface area contributed by atoms with E-state index in [4.69, 9.17) is 9.97 Å². The van der Waals surface area contributed by atoms with Gasteiger partial charge in [-0.3, -0.25) is 0 Å². The van der Waals surface area contributed by atoms with Crippen molar-refractivity contribution < 1.29 is 0 Å². The van der Waals surface area contributed by atoms with Crippen LogP contribution in [-0.2, 0) is 0 Å². The molecule has 0 spiro atoms. The minimum absolute atomic E-state index is 0.870. The quantitative estimate of drug-likeness (QED) is 0.179. The fraction of sp³-hybridized carbons (Fsp3) is 0. The van der Waals surface area contributed by atoms with Gasteiger partial charge in [0.1, 0.15) is 0 Å². The molecule has 256 valence electrons. The van der Waals surface area contributed by atoms with Crippen molar-refractivity contribution in [2.24, 2.45) is 0 Å². The molecule has 11 aromatic rings. The lowest BCUT2D eigenvalue weighted by Gasteiger charge is -2.13. The maximum absolute atomic E-state index is 5.25. The molecule has 0 aliphatic heterocycles. The molecule has 0 bridgehead atoms. The highest BCUT2D eigenvalue weighted by molar-refractivity contribution is 6.30. The molecule has 2 aromatic heterocycles. The zero-order valence-electron chi connectivity index (χ0n) is 29.9. The van der Waals surface area contributed by atoms with Gasteiger partial charge in [0.15, 0.2) is 0 Å². The molecule has 0 aliphatic rings. The molecule has 0 fully saturated rings. The third-order valence-electron chi connectivity index (χ3n) is 11.0. The minimum atomic E-state index is 0.870. The molecular formula is C52H33N3. The van der Waals surface area contributed by atoms with Crippen molar-refractivity contribution in [3.05, 3.63) is 200 Å². The SMILES string of the molecule is c1ccc(-c2nc3ccc(-c4ccc(-n5c6ccc7ccccc7c6c6c7ccccc7c(-c7ccccc7)cc65)cc4)cc3nc2-c2ccccc2)cc1. The van der Waals surface area contributed by atoms with Crippen molar-refractivity contribution in [3.63, 3.8) is 0 Å². The number of rotatable bonds is 5. The van der Waals surface area contributed by atoms with E-state index in [2.05, 4.69) is 193 Å². The molecule has 55 heavy (non-hydrogen) atoms. The largest absolute Gasteiger partial charge is 0.309 e. The van der Waals surface area contributed by atoms with Gasteiger partial charge in [0.2, 0.25) is 0 Å². The Morgan fingerprint density at radius 2 is 0.873 bits per heavy atom. The first kappa shape index (κ1) is 31.2. The van der Waals surface area contributed by atoms with Crippen molar-refractivity contribution >= 4 is 54.4 Å². The minimum Gasteiger partial charge on any atom is -0.309 e. The molecule has 3 heteroatoms. The molecule has 0 amide bonds. The van der Waals surface area contributed by atoms with Gasteiger partial charge in [-0.05, 0) is 80.2 Å². The highest BCUT2D eigenvalue weighted by Gasteiger charge is 2.20. The molecular weight excluding hydrogens is 667 g/mol. The monoisotopic (exact) mass is 699 g/mol. The van der Waals surface area contributed by atoms with Crippen LogP contribution in [0.2, 0.25) is 0 Å². The van der Waals surface area contributed by atoms with Crippen LogP contribution < -0.4 is 0 Å².